The minimum atomic E-state index is -0.526. The van der Waals surface area contributed by atoms with Crippen molar-refractivity contribution in [2.24, 2.45) is 5.73 Å². The minimum absolute atomic E-state index is 0.320. The molecule has 0 saturated heterocycles. The van der Waals surface area contributed by atoms with Crippen molar-refractivity contribution < 1.29 is 23.7 Å². The molecule has 0 radical (unpaired) electrons. The normalized spacial score (nSPS) is 26.2. The van der Waals surface area contributed by atoms with Crippen molar-refractivity contribution in [3.8, 4) is 0 Å². The fourth-order valence-corrected chi connectivity index (χ4v) is 4.24. The molecule has 1 aliphatic carbocycles. The number of hydrogen-bond acceptors (Lipinski definition) is 6. The Morgan fingerprint density at radius 1 is 0.543 bits per heavy atom. The van der Waals surface area contributed by atoms with Gasteiger partial charge in [-0.15, -0.1) is 19.7 Å². The molecule has 1 saturated carbocycles. The summed E-state index contributed by atoms with van der Waals surface area (Å²) in [6.45, 7) is 13.1. The highest BCUT2D eigenvalue weighted by Crippen LogP contribution is 2.32. The lowest BCUT2D eigenvalue weighted by molar-refractivity contribution is -0.245. The summed E-state index contributed by atoms with van der Waals surface area (Å²) < 4.78 is 31.4. The van der Waals surface area contributed by atoms with Crippen LogP contribution in [0.1, 0.15) is 11.1 Å². The van der Waals surface area contributed by atoms with Gasteiger partial charge in [0.2, 0.25) is 0 Å². The standard InChI is InChI=1S/C29H37NO5/c1-4-17-31-25-24(30)26(32-18-5-2)28(34-20-22-13-9-7-10-14-22)29(27(25)33-19-6-3)35-21-23-15-11-8-12-16-23/h4-16,24-29H,1-3,17-21,30H2/t24-,25-,26+,27+,28+,29-/m1/s1. The van der Waals surface area contributed by atoms with Crippen molar-refractivity contribution in [1.82, 2.24) is 0 Å². The molecule has 2 aromatic carbocycles. The maximum Gasteiger partial charge on any atom is 0.115 e. The second-order valence-electron chi connectivity index (χ2n) is 8.36. The van der Waals surface area contributed by atoms with Crippen LogP contribution in [-0.2, 0) is 36.9 Å². The third-order valence-corrected chi connectivity index (χ3v) is 5.84. The summed E-state index contributed by atoms with van der Waals surface area (Å²) in [4.78, 5) is 0. The van der Waals surface area contributed by atoms with Gasteiger partial charge in [-0.25, -0.2) is 0 Å². The van der Waals surface area contributed by atoms with E-state index >= 15 is 0 Å². The van der Waals surface area contributed by atoms with Crippen molar-refractivity contribution in [3.05, 3.63) is 110 Å². The first-order chi connectivity index (χ1) is 17.2. The van der Waals surface area contributed by atoms with Crippen LogP contribution in [0.4, 0.5) is 0 Å². The lowest BCUT2D eigenvalue weighted by Gasteiger charge is -2.48. The lowest BCUT2D eigenvalue weighted by atomic mass is 9.82. The average Bonchev–Trinajstić information content (AvgIpc) is 2.90. The molecule has 6 nitrogen and oxygen atoms in total. The molecule has 0 unspecified atom stereocenters. The van der Waals surface area contributed by atoms with Crippen molar-refractivity contribution >= 4 is 0 Å². The largest absolute Gasteiger partial charge is 0.370 e. The van der Waals surface area contributed by atoms with Crippen LogP contribution < -0.4 is 5.73 Å². The van der Waals surface area contributed by atoms with Crippen LogP contribution >= 0.6 is 0 Å². The molecule has 0 amide bonds. The molecule has 0 spiro atoms. The Kier molecular flexibility index (Phi) is 11.4. The molecule has 35 heavy (non-hydrogen) atoms. The summed E-state index contributed by atoms with van der Waals surface area (Å²) >= 11 is 0. The second kappa shape index (κ2) is 14.7. The van der Waals surface area contributed by atoms with E-state index < -0.39 is 36.6 Å². The molecular formula is C29H37NO5. The first-order valence-corrected chi connectivity index (χ1v) is 11.9. The predicted molar refractivity (Wildman–Crippen MR) is 138 cm³/mol. The molecule has 6 heteroatoms. The van der Waals surface area contributed by atoms with Gasteiger partial charge in [0.05, 0.1) is 39.1 Å². The summed E-state index contributed by atoms with van der Waals surface area (Å²) in [5.41, 5.74) is 8.82. The first-order valence-electron chi connectivity index (χ1n) is 11.9. The van der Waals surface area contributed by atoms with E-state index in [2.05, 4.69) is 19.7 Å². The lowest BCUT2D eigenvalue weighted by Crippen LogP contribution is -2.69. The van der Waals surface area contributed by atoms with Gasteiger partial charge in [-0.05, 0) is 11.1 Å². The number of rotatable bonds is 15. The molecule has 188 valence electrons. The van der Waals surface area contributed by atoms with Gasteiger partial charge in [-0.3, -0.25) is 0 Å². The van der Waals surface area contributed by atoms with Crippen molar-refractivity contribution in [2.45, 2.75) is 49.8 Å². The monoisotopic (exact) mass is 479 g/mol. The van der Waals surface area contributed by atoms with Crippen LogP contribution in [0, 0.1) is 0 Å². The maximum absolute atomic E-state index is 6.74. The van der Waals surface area contributed by atoms with E-state index in [0.717, 1.165) is 11.1 Å². The van der Waals surface area contributed by atoms with E-state index in [9.17, 15) is 0 Å². The molecule has 1 fully saturated rings. The summed E-state index contributed by atoms with van der Waals surface area (Å²) in [5.74, 6) is 0. The Morgan fingerprint density at radius 3 is 1.29 bits per heavy atom. The van der Waals surface area contributed by atoms with Gasteiger partial charge in [0.25, 0.3) is 0 Å². The van der Waals surface area contributed by atoms with E-state index in [1.54, 1.807) is 18.2 Å². The van der Waals surface area contributed by atoms with E-state index in [4.69, 9.17) is 29.4 Å². The molecule has 0 heterocycles. The molecule has 1 aliphatic rings. The van der Waals surface area contributed by atoms with Crippen LogP contribution in [0.3, 0.4) is 0 Å². The highest BCUT2D eigenvalue weighted by molar-refractivity contribution is 5.15. The number of benzene rings is 2. The fraction of sp³-hybridized carbons (Fsp3) is 0.379. The zero-order valence-electron chi connectivity index (χ0n) is 20.2. The van der Waals surface area contributed by atoms with E-state index in [0.29, 0.717) is 33.0 Å². The van der Waals surface area contributed by atoms with E-state index in [-0.39, 0.29) is 0 Å². The molecule has 0 bridgehead atoms. The zero-order valence-corrected chi connectivity index (χ0v) is 20.2. The van der Waals surface area contributed by atoms with Crippen molar-refractivity contribution in [3.63, 3.8) is 0 Å². The topological polar surface area (TPSA) is 72.2 Å². The Morgan fingerprint density at radius 2 is 0.886 bits per heavy atom. The van der Waals surface area contributed by atoms with Crippen LogP contribution in [0.25, 0.3) is 0 Å². The van der Waals surface area contributed by atoms with Gasteiger partial charge < -0.3 is 29.4 Å². The SMILES string of the molecule is C=CCO[C@@H]1[C@@H](OCc2ccccc2)[C@@H](OCc2ccccc2)[C@@H](OCC=C)[C@H](N)[C@H]1OCC=C. The average molecular weight is 480 g/mol. The molecule has 2 N–H and O–H groups in total. The van der Waals surface area contributed by atoms with Crippen LogP contribution in [-0.4, -0.2) is 56.4 Å². The Hall–Kier alpha value is -2.58. The molecular weight excluding hydrogens is 442 g/mol. The Balaban J connectivity index is 1.93. The number of nitrogens with two attached hydrogens (primary N) is 1. The number of ether oxygens (including phenoxy) is 5. The van der Waals surface area contributed by atoms with E-state index in [1.165, 1.54) is 0 Å². The third-order valence-electron chi connectivity index (χ3n) is 5.84. The zero-order chi connectivity index (χ0) is 24.9. The molecule has 6 atom stereocenters. The molecule has 0 aliphatic heterocycles. The third kappa shape index (κ3) is 7.70. The van der Waals surface area contributed by atoms with Gasteiger partial charge in [-0.1, -0.05) is 78.9 Å². The Labute approximate surface area is 209 Å². The van der Waals surface area contributed by atoms with Gasteiger partial charge >= 0.3 is 0 Å². The van der Waals surface area contributed by atoms with Crippen LogP contribution in [0.15, 0.2) is 98.6 Å². The first kappa shape index (κ1) is 27.0. The summed E-state index contributed by atoms with van der Waals surface area (Å²) in [6.07, 6.45) is 2.56. The van der Waals surface area contributed by atoms with E-state index in [1.807, 2.05) is 60.7 Å². The summed E-state index contributed by atoms with van der Waals surface area (Å²) in [7, 11) is 0. The second-order valence-corrected chi connectivity index (χ2v) is 8.36. The van der Waals surface area contributed by atoms with Gasteiger partial charge in [0.15, 0.2) is 0 Å². The fourth-order valence-electron chi connectivity index (χ4n) is 4.24. The number of hydrogen-bond donors (Lipinski definition) is 1. The van der Waals surface area contributed by atoms with Gasteiger partial charge in [0, 0.05) is 0 Å². The molecule has 2 aromatic rings. The summed E-state index contributed by atoms with van der Waals surface area (Å²) in [5, 5.41) is 0. The maximum atomic E-state index is 6.74. The highest BCUT2D eigenvalue weighted by atomic mass is 16.6. The van der Waals surface area contributed by atoms with Gasteiger partial charge in [-0.2, -0.15) is 0 Å². The smallest absolute Gasteiger partial charge is 0.115 e. The molecule has 0 aromatic heterocycles. The quantitative estimate of drug-likeness (QED) is 0.386. The van der Waals surface area contributed by atoms with Crippen LogP contribution in [0.2, 0.25) is 0 Å². The summed E-state index contributed by atoms with van der Waals surface area (Å²) in [6, 6.07) is 19.4. The molecule has 3 rings (SSSR count). The van der Waals surface area contributed by atoms with Crippen molar-refractivity contribution in [2.75, 3.05) is 19.8 Å². The van der Waals surface area contributed by atoms with Gasteiger partial charge in [0.1, 0.15) is 30.5 Å². The minimum Gasteiger partial charge on any atom is -0.370 e. The van der Waals surface area contributed by atoms with Crippen molar-refractivity contribution in [1.29, 1.82) is 0 Å². The Bertz CT molecular complexity index is 890. The van der Waals surface area contributed by atoms with Crippen LogP contribution in [0.5, 0.6) is 0 Å². The highest BCUT2D eigenvalue weighted by Gasteiger charge is 2.52. The predicted octanol–water partition coefficient (Wildman–Crippen LogP) is 4.21.